The van der Waals surface area contributed by atoms with Crippen LogP contribution < -0.4 is 5.32 Å². The minimum absolute atomic E-state index is 0.00902. The molecule has 0 amide bonds. The molecule has 4 rings (SSSR count). The number of benzene rings is 1. The Morgan fingerprint density at radius 1 is 1.11 bits per heavy atom. The zero-order valence-corrected chi connectivity index (χ0v) is 16.6. The zero-order chi connectivity index (χ0) is 19.5. The van der Waals surface area contributed by atoms with Crippen molar-refractivity contribution in [2.24, 2.45) is 0 Å². The molecule has 0 radical (unpaired) electrons. The Labute approximate surface area is 170 Å². The van der Waals surface area contributed by atoms with Crippen molar-refractivity contribution >= 4 is 17.3 Å². The minimum atomic E-state index is -0.0495. The van der Waals surface area contributed by atoms with Crippen molar-refractivity contribution in [3.05, 3.63) is 83.9 Å². The van der Waals surface area contributed by atoms with E-state index in [2.05, 4.69) is 69.3 Å². The highest BCUT2D eigenvalue weighted by molar-refractivity contribution is 7.80. The predicted octanol–water partition coefficient (Wildman–Crippen LogP) is 3.54. The fraction of sp³-hybridized carbons (Fsp3) is 0.273. The first kappa shape index (κ1) is 18.7. The van der Waals surface area contributed by atoms with Gasteiger partial charge in [-0.2, -0.15) is 0 Å². The molecular weight excluding hydrogens is 368 g/mol. The molecule has 1 aromatic carbocycles. The van der Waals surface area contributed by atoms with Gasteiger partial charge in [-0.1, -0.05) is 23.8 Å². The first-order valence-corrected chi connectivity index (χ1v) is 9.93. The molecule has 2 N–H and O–H groups in total. The second-order valence-corrected chi connectivity index (χ2v) is 7.42. The summed E-state index contributed by atoms with van der Waals surface area (Å²) in [5.74, 6) is 0. The smallest absolute Gasteiger partial charge is 0.170 e. The van der Waals surface area contributed by atoms with Crippen LogP contribution in [-0.4, -0.2) is 37.8 Å². The van der Waals surface area contributed by atoms with Crippen LogP contribution in [0.2, 0.25) is 0 Å². The molecule has 6 heteroatoms. The second-order valence-electron chi connectivity index (χ2n) is 7.04. The highest BCUT2D eigenvalue weighted by atomic mass is 32.1. The lowest BCUT2D eigenvalue weighted by Crippen LogP contribution is -2.31. The van der Waals surface area contributed by atoms with E-state index < -0.39 is 0 Å². The lowest BCUT2D eigenvalue weighted by molar-refractivity contribution is 0.245. The highest BCUT2D eigenvalue weighted by Crippen LogP contribution is 2.39. The maximum atomic E-state index is 9.36. The van der Waals surface area contributed by atoms with Crippen LogP contribution in [-0.2, 0) is 0 Å². The van der Waals surface area contributed by atoms with Gasteiger partial charge in [0.05, 0.1) is 17.8 Å². The molecule has 3 heterocycles. The molecule has 28 heavy (non-hydrogen) atoms. The molecule has 1 aliphatic rings. The van der Waals surface area contributed by atoms with Crippen molar-refractivity contribution in [1.82, 2.24) is 19.8 Å². The lowest BCUT2D eigenvalue weighted by atomic mass is 10.0. The molecule has 2 unspecified atom stereocenters. The molecule has 144 valence electrons. The Hall–Kier alpha value is -2.70. The fourth-order valence-electron chi connectivity index (χ4n) is 3.78. The number of nitrogens with zero attached hydrogens (tertiary/aromatic N) is 3. The van der Waals surface area contributed by atoms with Gasteiger partial charge in [0.25, 0.3) is 0 Å². The third-order valence-electron chi connectivity index (χ3n) is 5.15. The standard InChI is InChI=1S/C22H24N4OS/c1-16-8-10-17(11-9-16)25-13-4-7-19(25)21-20(18-6-2-3-12-23-18)24-22(28)26(21)14-5-15-27/h2-4,6-13,20-21,27H,5,14-15H2,1H3,(H,24,28). The van der Waals surface area contributed by atoms with Gasteiger partial charge >= 0.3 is 0 Å². The molecule has 1 aliphatic heterocycles. The number of rotatable bonds is 6. The number of aliphatic hydroxyl groups excluding tert-OH is 1. The van der Waals surface area contributed by atoms with Crippen LogP contribution in [0.3, 0.4) is 0 Å². The van der Waals surface area contributed by atoms with E-state index in [9.17, 15) is 5.11 Å². The van der Waals surface area contributed by atoms with Gasteiger partial charge in [-0.15, -0.1) is 0 Å². The first-order valence-electron chi connectivity index (χ1n) is 9.52. The van der Waals surface area contributed by atoms with E-state index in [0.717, 1.165) is 17.1 Å². The third kappa shape index (κ3) is 3.53. The predicted molar refractivity (Wildman–Crippen MR) is 114 cm³/mol. The molecule has 0 spiro atoms. The molecule has 2 atom stereocenters. The number of hydrogen-bond acceptors (Lipinski definition) is 3. The summed E-state index contributed by atoms with van der Waals surface area (Å²) in [5, 5.41) is 13.5. The second kappa shape index (κ2) is 8.12. The topological polar surface area (TPSA) is 53.3 Å². The first-order chi connectivity index (χ1) is 13.7. The molecule has 0 saturated carbocycles. The summed E-state index contributed by atoms with van der Waals surface area (Å²) >= 11 is 5.66. The normalized spacial score (nSPS) is 19.1. The van der Waals surface area contributed by atoms with Crippen molar-refractivity contribution in [2.75, 3.05) is 13.2 Å². The average Bonchev–Trinajstić information content (AvgIpc) is 3.32. The SMILES string of the molecule is Cc1ccc(-n2cccc2C2C(c3ccccn3)NC(=S)N2CCCO)cc1. The van der Waals surface area contributed by atoms with Crippen LogP contribution in [0.1, 0.15) is 35.5 Å². The van der Waals surface area contributed by atoms with Crippen molar-refractivity contribution in [2.45, 2.75) is 25.4 Å². The maximum absolute atomic E-state index is 9.36. The summed E-state index contributed by atoms with van der Waals surface area (Å²) in [5.41, 5.74) is 4.45. The van der Waals surface area contributed by atoms with Gasteiger partial charge in [-0.25, -0.2) is 0 Å². The summed E-state index contributed by atoms with van der Waals surface area (Å²) < 4.78 is 2.21. The van der Waals surface area contributed by atoms with Crippen molar-refractivity contribution in [1.29, 1.82) is 0 Å². The zero-order valence-electron chi connectivity index (χ0n) is 15.8. The number of hydrogen-bond donors (Lipinski definition) is 2. The van der Waals surface area contributed by atoms with Crippen molar-refractivity contribution in [3.8, 4) is 5.69 Å². The van der Waals surface area contributed by atoms with E-state index in [1.165, 1.54) is 5.56 Å². The number of nitrogens with one attached hydrogen (secondary N) is 1. The third-order valence-corrected chi connectivity index (χ3v) is 5.50. The summed E-state index contributed by atoms with van der Waals surface area (Å²) in [6, 6.07) is 18.6. The lowest BCUT2D eigenvalue weighted by Gasteiger charge is -2.28. The van der Waals surface area contributed by atoms with E-state index in [4.69, 9.17) is 12.2 Å². The Bertz CT molecular complexity index is 939. The van der Waals surface area contributed by atoms with E-state index in [1.54, 1.807) is 0 Å². The Morgan fingerprint density at radius 3 is 2.64 bits per heavy atom. The van der Waals surface area contributed by atoms with Gasteiger partial charge in [0.2, 0.25) is 0 Å². The molecule has 0 bridgehead atoms. The van der Waals surface area contributed by atoms with Crippen LogP contribution in [0, 0.1) is 6.92 Å². The molecule has 2 aromatic heterocycles. The van der Waals surface area contributed by atoms with Gasteiger partial charge in [0.15, 0.2) is 5.11 Å². The maximum Gasteiger partial charge on any atom is 0.170 e. The number of aliphatic hydroxyl groups is 1. The van der Waals surface area contributed by atoms with Crippen LogP contribution in [0.25, 0.3) is 5.69 Å². The summed E-state index contributed by atoms with van der Waals surface area (Å²) in [4.78, 5) is 6.75. The number of pyridine rings is 1. The van der Waals surface area contributed by atoms with Gasteiger partial charge in [0.1, 0.15) is 0 Å². The van der Waals surface area contributed by atoms with E-state index in [1.807, 2.05) is 24.4 Å². The monoisotopic (exact) mass is 392 g/mol. The van der Waals surface area contributed by atoms with Crippen LogP contribution in [0.15, 0.2) is 67.0 Å². The van der Waals surface area contributed by atoms with Gasteiger partial charge in [-0.3, -0.25) is 4.98 Å². The van der Waals surface area contributed by atoms with Crippen LogP contribution in [0.5, 0.6) is 0 Å². The molecule has 0 aliphatic carbocycles. The summed E-state index contributed by atoms with van der Waals surface area (Å²) in [6.45, 7) is 2.92. The quantitative estimate of drug-likeness (QED) is 0.629. The van der Waals surface area contributed by atoms with Gasteiger partial charge < -0.3 is 19.9 Å². The van der Waals surface area contributed by atoms with Crippen LogP contribution in [0.4, 0.5) is 0 Å². The van der Waals surface area contributed by atoms with E-state index >= 15 is 0 Å². The number of thiocarbonyl (C=S) groups is 1. The molecule has 3 aromatic rings. The largest absolute Gasteiger partial charge is 0.396 e. The van der Waals surface area contributed by atoms with Crippen molar-refractivity contribution < 1.29 is 5.11 Å². The average molecular weight is 393 g/mol. The van der Waals surface area contributed by atoms with Gasteiger partial charge in [-0.05, 0) is 62.0 Å². The molecule has 1 saturated heterocycles. The summed E-state index contributed by atoms with van der Waals surface area (Å²) in [6.07, 6.45) is 4.56. The van der Waals surface area contributed by atoms with Crippen LogP contribution >= 0.6 is 12.2 Å². The van der Waals surface area contributed by atoms with E-state index in [0.29, 0.717) is 18.1 Å². The molecule has 1 fully saturated rings. The Kier molecular flexibility index (Phi) is 5.41. The highest BCUT2D eigenvalue weighted by Gasteiger charge is 2.40. The Morgan fingerprint density at radius 2 is 1.93 bits per heavy atom. The number of aryl methyl sites for hydroxylation is 1. The van der Waals surface area contributed by atoms with Gasteiger partial charge in [0, 0.05) is 36.9 Å². The molecular formula is C22H24N4OS. The minimum Gasteiger partial charge on any atom is -0.396 e. The molecule has 5 nitrogen and oxygen atoms in total. The van der Waals surface area contributed by atoms with E-state index in [-0.39, 0.29) is 18.7 Å². The van der Waals surface area contributed by atoms with Crippen molar-refractivity contribution in [3.63, 3.8) is 0 Å². The number of aromatic nitrogens is 2. The fourth-order valence-corrected chi connectivity index (χ4v) is 4.12. The Balaban J connectivity index is 1.78. The summed E-state index contributed by atoms with van der Waals surface area (Å²) in [7, 11) is 0.